The molecular weight excluding hydrogens is 479 g/mol. The van der Waals surface area contributed by atoms with Gasteiger partial charge in [-0.05, 0) is 43.5 Å². The second-order valence-electron chi connectivity index (χ2n) is 9.10. The molecule has 4 heterocycles. The van der Waals surface area contributed by atoms with E-state index < -0.39 is 5.95 Å². The monoisotopic (exact) mass is 506 g/mol. The average molecular weight is 507 g/mol. The van der Waals surface area contributed by atoms with E-state index >= 15 is 0 Å². The van der Waals surface area contributed by atoms with Gasteiger partial charge in [-0.25, -0.2) is 19.8 Å². The molecule has 0 saturated heterocycles. The molecule has 11 heteroatoms. The van der Waals surface area contributed by atoms with Crippen LogP contribution in [0.2, 0.25) is 0 Å². The van der Waals surface area contributed by atoms with E-state index in [1.54, 1.807) is 22.9 Å². The first-order chi connectivity index (χ1) is 17.9. The molecule has 1 aliphatic carbocycles. The van der Waals surface area contributed by atoms with Crippen LogP contribution in [-0.4, -0.2) is 51.0 Å². The van der Waals surface area contributed by atoms with Crippen molar-refractivity contribution in [1.82, 2.24) is 19.1 Å². The van der Waals surface area contributed by atoms with Crippen LogP contribution in [-0.2, 0) is 17.7 Å². The SMILES string of the molecule is CCCn1c2c(c(=O)n(C3CC3)c1=O)CC(c1ccc(N(CCOC)C(=O)c3ccc(F)nc3)nc1)=N2. The van der Waals surface area contributed by atoms with Crippen LogP contribution in [0.5, 0.6) is 0 Å². The maximum Gasteiger partial charge on any atom is 0.332 e. The van der Waals surface area contributed by atoms with Crippen LogP contribution in [0.25, 0.3) is 0 Å². The highest BCUT2D eigenvalue weighted by molar-refractivity contribution is 6.07. The number of ether oxygens (including phenoxy) is 1. The van der Waals surface area contributed by atoms with Crippen LogP contribution >= 0.6 is 0 Å². The summed E-state index contributed by atoms with van der Waals surface area (Å²) < 4.78 is 21.4. The number of hydrogen-bond donors (Lipinski definition) is 0. The van der Waals surface area contributed by atoms with Crippen molar-refractivity contribution in [2.45, 2.75) is 45.2 Å². The summed E-state index contributed by atoms with van der Waals surface area (Å²) in [5.74, 6) is -0.257. The maximum atomic E-state index is 13.2. The summed E-state index contributed by atoms with van der Waals surface area (Å²) in [5, 5.41) is 0. The van der Waals surface area contributed by atoms with E-state index in [0.717, 1.165) is 25.3 Å². The van der Waals surface area contributed by atoms with Crippen molar-refractivity contribution in [3.8, 4) is 0 Å². The number of aromatic nitrogens is 4. The van der Waals surface area contributed by atoms with Crippen molar-refractivity contribution in [2.75, 3.05) is 25.2 Å². The quantitative estimate of drug-likeness (QED) is 0.413. The first-order valence-electron chi connectivity index (χ1n) is 12.3. The molecule has 0 unspecified atom stereocenters. The predicted octanol–water partition coefficient (Wildman–Crippen LogP) is 2.65. The smallest absolute Gasteiger partial charge is 0.332 e. The van der Waals surface area contributed by atoms with Crippen molar-refractivity contribution in [3.05, 3.63) is 80.1 Å². The number of methoxy groups -OCH3 is 1. The number of halogens is 1. The normalized spacial score (nSPS) is 14.4. The molecule has 1 aliphatic heterocycles. The molecule has 3 aromatic heterocycles. The Morgan fingerprint density at radius 3 is 2.59 bits per heavy atom. The number of nitrogens with zero attached hydrogens (tertiary/aromatic N) is 6. The molecule has 10 nitrogen and oxygen atoms in total. The molecular formula is C26H27FN6O4. The minimum absolute atomic E-state index is 0.0228. The Morgan fingerprint density at radius 2 is 1.97 bits per heavy atom. The van der Waals surface area contributed by atoms with Crippen LogP contribution < -0.4 is 16.1 Å². The third-order valence-corrected chi connectivity index (χ3v) is 6.48. The number of hydrogen-bond acceptors (Lipinski definition) is 7. The Morgan fingerprint density at radius 1 is 1.16 bits per heavy atom. The van der Waals surface area contributed by atoms with Crippen LogP contribution in [0.4, 0.5) is 16.0 Å². The lowest BCUT2D eigenvalue weighted by Crippen LogP contribution is -2.40. The van der Waals surface area contributed by atoms with Gasteiger partial charge in [0.2, 0.25) is 5.95 Å². The molecule has 2 aliphatic rings. The highest BCUT2D eigenvalue weighted by Gasteiger charge is 2.33. The second kappa shape index (κ2) is 10.2. The lowest BCUT2D eigenvalue weighted by molar-refractivity contribution is 0.0974. The van der Waals surface area contributed by atoms with Crippen LogP contribution in [0, 0.1) is 5.95 Å². The fraction of sp³-hybridized carbons (Fsp3) is 0.385. The molecule has 1 fully saturated rings. The van der Waals surface area contributed by atoms with Gasteiger partial charge in [0.25, 0.3) is 11.5 Å². The topological polar surface area (TPSA) is 112 Å². The fourth-order valence-electron chi connectivity index (χ4n) is 4.45. The zero-order valence-corrected chi connectivity index (χ0v) is 20.7. The average Bonchev–Trinajstić information content (AvgIpc) is 3.64. The molecule has 37 heavy (non-hydrogen) atoms. The van der Waals surface area contributed by atoms with Crippen molar-refractivity contribution < 1.29 is 13.9 Å². The van der Waals surface area contributed by atoms with E-state index in [1.165, 1.54) is 28.8 Å². The number of carbonyl (C=O) groups is 1. The molecule has 5 rings (SSSR count). The van der Waals surface area contributed by atoms with Gasteiger partial charge in [-0.15, -0.1) is 0 Å². The molecule has 0 bridgehead atoms. The van der Waals surface area contributed by atoms with Crippen LogP contribution in [0.15, 0.2) is 51.2 Å². The Balaban J connectivity index is 1.45. The number of rotatable bonds is 9. The van der Waals surface area contributed by atoms with E-state index in [2.05, 4.69) is 15.0 Å². The molecule has 0 spiro atoms. The van der Waals surface area contributed by atoms with Gasteiger partial charge in [-0.1, -0.05) is 6.92 Å². The van der Waals surface area contributed by atoms with Crippen LogP contribution in [0.3, 0.4) is 0 Å². The third-order valence-electron chi connectivity index (χ3n) is 6.48. The molecule has 0 N–H and O–H groups in total. The number of aliphatic imine (C=N–C) groups is 1. The summed E-state index contributed by atoms with van der Waals surface area (Å²) in [7, 11) is 1.53. The maximum absolute atomic E-state index is 13.2. The number of anilines is 1. The summed E-state index contributed by atoms with van der Waals surface area (Å²) in [6.45, 7) is 2.96. The van der Waals surface area contributed by atoms with Crippen molar-refractivity contribution in [3.63, 3.8) is 0 Å². The summed E-state index contributed by atoms with van der Waals surface area (Å²) in [4.78, 5) is 53.4. The molecule has 0 atom stereocenters. The van der Waals surface area contributed by atoms with Gasteiger partial charge in [0, 0.05) is 44.1 Å². The Hall–Kier alpha value is -3.99. The first-order valence-corrected chi connectivity index (χ1v) is 12.3. The highest BCUT2D eigenvalue weighted by atomic mass is 19.1. The molecule has 1 saturated carbocycles. The predicted molar refractivity (Wildman–Crippen MR) is 135 cm³/mol. The molecule has 0 radical (unpaired) electrons. The number of pyridine rings is 2. The largest absolute Gasteiger partial charge is 0.383 e. The highest BCUT2D eigenvalue weighted by Crippen LogP contribution is 2.34. The number of carbonyl (C=O) groups excluding carboxylic acids is 1. The minimum Gasteiger partial charge on any atom is -0.383 e. The summed E-state index contributed by atoms with van der Waals surface area (Å²) >= 11 is 0. The zero-order chi connectivity index (χ0) is 26.1. The van der Waals surface area contributed by atoms with Gasteiger partial charge >= 0.3 is 5.69 Å². The summed E-state index contributed by atoms with van der Waals surface area (Å²) in [6.07, 6.45) is 5.50. The molecule has 3 aromatic rings. The zero-order valence-electron chi connectivity index (χ0n) is 20.7. The first kappa shape index (κ1) is 24.7. The molecule has 1 amide bonds. The van der Waals surface area contributed by atoms with Gasteiger partial charge < -0.3 is 4.74 Å². The lowest BCUT2D eigenvalue weighted by Gasteiger charge is -2.21. The Labute approximate surface area is 212 Å². The van der Waals surface area contributed by atoms with E-state index in [9.17, 15) is 18.8 Å². The number of fused-ring (bicyclic) bond motifs is 1. The standard InChI is InChI=1S/C26H27FN6O4/c1-3-10-32-23-19(25(35)33(26(32)36)18-6-7-18)13-20(30-23)16-5-9-22(29-14-16)31(11-12-37-2)24(34)17-4-8-21(27)28-15-17/h4-5,8-9,14-15,18H,3,6-7,10-13H2,1-2H3. The number of amides is 1. The van der Waals surface area contributed by atoms with Crippen molar-refractivity contribution in [2.24, 2.45) is 4.99 Å². The van der Waals surface area contributed by atoms with Crippen molar-refractivity contribution >= 4 is 23.3 Å². The Kier molecular flexibility index (Phi) is 6.79. The third kappa shape index (κ3) is 4.74. The minimum atomic E-state index is -0.672. The molecule has 0 aromatic carbocycles. The lowest BCUT2D eigenvalue weighted by atomic mass is 10.1. The Bertz CT molecular complexity index is 1470. The van der Waals surface area contributed by atoms with E-state index in [0.29, 0.717) is 41.4 Å². The van der Waals surface area contributed by atoms with E-state index in [4.69, 9.17) is 4.74 Å². The molecule has 192 valence electrons. The van der Waals surface area contributed by atoms with Gasteiger partial charge in [-0.2, -0.15) is 4.39 Å². The van der Waals surface area contributed by atoms with Gasteiger partial charge in [0.1, 0.15) is 11.6 Å². The summed E-state index contributed by atoms with van der Waals surface area (Å²) in [6, 6.07) is 5.94. The van der Waals surface area contributed by atoms with Gasteiger partial charge in [0.05, 0.1) is 30.0 Å². The van der Waals surface area contributed by atoms with Crippen molar-refractivity contribution in [1.29, 1.82) is 0 Å². The van der Waals surface area contributed by atoms with Crippen LogP contribution in [0.1, 0.15) is 53.7 Å². The van der Waals surface area contributed by atoms with E-state index in [-0.39, 0.29) is 41.9 Å². The van der Waals surface area contributed by atoms with Gasteiger partial charge in [0.15, 0.2) is 0 Å². The van der Waals surface area contributed by atoms with E-state index in [1.807, 2.05) is 6.92 Å². The van der Waals surface area contributed by atoms with Gasteiger partial charge in [-0.3, -0.25) is 23.6 Å². The summed E-state index contributed by atoms with van der Waals surface area (Å²) in [5.41, 5.74) is 1.52. The second-order valence-corrected chi connectivity index (χ2v) is 9.10. The fourth-order valence-corrected chi connectivity index (χ4v) is 4.45.